The lowest BCUT2D eigenvalue weighted by molar-refractivity contribution is -0.389. The molecule has 1 heterocycles. The van der Waals surface area contributed by atoms with Crippen molar-refractivity contribution in [3.05, 3.63) is 71.0 Å². The molecule has 2 aromatic carbocycles. The summed E-state index contributed by atoms with van der Waals surface area (Å²) in [7, 11) is 1.49. The molecule has 0 saturated heterocycles. The summed E-state index contributed by atoms with van der Waals surface area (Å²) in [5.41, 5.74) is -0.290. The van der Waals surface area contributed by atoms with Gasteiger partial charge in [-0.1, -0.05) is 42.1 Å². The van der Waals surface area contributed by atoms with Crippen molar-refractivity contribution in [1.82, 2.24) is 9.97 Å². The van der Waals surface area contributed by atoms with Gasteiger partial charge in [-0.25, -0.2) is 4.98 Å². The third-order valence-electron chi connectivity index (χ3n) is 3.17. The summed E-state index contributed by atoms with van der Waals surface area (Å²) in [5.74, 6) is 0.651. The number of hydrogen-bond donors (Lipinski definition) is 0. The van der Waals surface area contributed by atoms with Crippen LogP contribution in [-0.4, -0.2) is 22.0 Å². The molecule has 25 heavy (non-hydrogen) atoms. The Morgan fingerprint density at radius 3 is 2.36 bits per heavy atom. The largest absolute Gasteiger partial charge is 0.493 e. The van der Waals surface area contributed by atoms with Crippen LogP contribution in [-0.2, 0) is 0 Å². The van der Waals surface area contributed by atoms with E-state index >= 15 is 0 Å². The van der Waals surface area contributed by atoms with Crippen LogP contribution in [0, 0.1) is 10.1 Å². The fourth-order valence-electron chi connectivity index (χ4n) is 2.06. The summed E-state index contributed by atoms with van der Waals surface area (Å²) in [6.45, 7) is 0. The Morgan fingerprint density at radius 1 is 1.00 bits per heavy atom. The number of hydrogen-bond acceptors (Lipinski definition) is 7. The maximum Gasteiger partial charge on any atom is 0.363 e. The zero-order valence-electron chi connectivity index (χ0n) is 13.2. The molecule has 0 atom stereocenters. The number of aromatic nitrogens is 2. The molecule has 1 aromatic heterocycles. The minimum atomic E-state index is -0.546. The van der Waals surface area contributed by atoms with Gasteiger partial charge in [0.2, 0.25) is 0 Å². The average molecular weight is 355 g/mol. The zero-order chi connectivity index (χ0) is 17.6. The van der Waals surface area contributed by atoms with Crippen molar-refractivity contribution in [2.24, 2.45) is 0 Å². The van der Waals surface area contributed by atoms with Gasteiger partial charge in [0.1, 0.15) is 6.33 Å². The van der Waals surface area contributed by atoms with Crippen LogP contribution in [0.1, 0.15) is 0 Å². The first-order chi connectivity index (χ1) is 12.2. The first-order valence-electron chi connectivity index (χ1n) is 7.22. The molecule has 3 aromatic rings. The van der Waals surface area contributed by atoms with E-state index in [9.17, 15) is 10.1 Å². The Hall–Kier alpha value is -3.13. The van der Waals surface area contributed by atoms with Crippen LogP contribution in [0.15, 0.2) is 70.8 Å². The number of nitrogens with zero attached hydrogens (tertiary/aromatic N) is 3. The SMILES string of the molecule is COc1ccccc1Oc1ncnc(Sc2ccccc2)c1[N+](=O)[O-]. The Bertz CT molecular complexity index is 890. The highest BCUT2D eigenvalue weighted by atomic mass is 32.2. The fourth-order valence-corrected chi connectivity index (χ4v) is 2.94. The number of nitro groups is 1. The molecule has 0 fully saturated rings. The van der Waals surface area contributed by atoms with E-state index in [0.29, 0.717) is 11.5 Å². The standard InChI is InChI=1S/C17H13N3O4S/c1-23-13-9-5-6-10-14(13)24-16-15(20(21)22)17(19-11-18-16)25-12-7-3-2-4-8-12/h2-11H,1H3. The van der Waals surface area contributed by atoms with Crippen LogP contribution in [0.4, 0.5) is 5.69 Å². The monoisotopic (exact) mass is 355 g/mol. The number of rotatable bonds is 6. The molecule has 3 rings (SSSR count). The average Bonchev–Trinajstić information content (AvgIpc) is 2.63. The number of para-hydroxylation sites is 2. The minimum Gasteiger partial charge on any atom is -0.493 e. The molecule has 0 aliphatic carbocycles. The molecule has 0 amide bonds. The van der Waals surface area contributed by atoms with Crippen molar-refractivity contribution in [2.45, 2.75) is 9.92 Å². The highest BCUT2D eigenvalue weighted by Gasteiger charge is 2.26. The second kappa shape index (κ2) is 7.63. The summed E-state index contributed by atoms with van der Waals surface area (Å²) in [5, 5.41) is 11.8. The lowest BCUT2D eigenvalue weighted by Crippen LogP contribution is -2.00. The molecule has 0 spiro atoms. The third-order valence-corrected chi connectivity index (χ3v) is 4.17. The summed E-state index contributed by atoms with van der Waals surface area (Å²) in [6.07, 6.45) is 1.24. The van der Waals surface area contributed by atoms with Gasteiger partial charge in [0.15, 0.2) is 16.5 Å². The van der Waals surface area contributed by atoms with Gasteiger partial charge in [0.25, 0.3) is 0 Å². The zero-order valence-corrected chi connectivity index (χ0v) is 14.0. The van der Waals surface area contributed by atoms with E-state index in [-0.39, 0.29) is 16.6 Å². The molecule has 0 N–H and O–H groups in total. The van der Waals surface area contributed by atoms with E-state index in [1.165, 1.54) is 25.2 Å². The van der Waals surface area contributed by atoms with Crippen LogP contribution < -0.4 is 9.47 Å². The Labute approximate surface area is 147 Å². The molecular formula is C17H13N3O4S. The van der Waals surface area contributed by atoms with Crippen LogP contribution in [0.2, 0.25) is 0 Å². The van der Waals surface area contributed by atoms with Crippen LogP contribution in [0.25, 0.3) is 0 Å². The maximum absolute atomic E-state index is 11.6. The third kappa shape index (κ3) is 3.86. The van der Waals surface area contributed by atoms with Crippen LogP contribution in [0.5, 0.6) is 17.4 Å². The van der Waals surface area contributed by atoms with Gasteiger partial charge in [0.05, 0.1) is 12.0 Å². The van der Waals surface area contributed by atoms with E-state index in [0.717, 1.165) is 4.90 Å². The lowest BCUT2D eigenvalue weighted by atomic mass is 10.3. The fraction of sp³-hybridized carbons (Fsp3) is 0.0588. The molecular weight excluding hydrogens is 342 g/mol. The Kier molecular flexibility index (Phi) is 5.10. The van der Waals surface area contributed by atoms with Crippen molar-refractivity contribution in [3.63, 3.8) is 0 Å². The Balaban J connectivity index is 1.99. The van der Waals surface area contributed by atoms with E-state index in [1.54, 1.807) is 24.3 Å². The van der Waals surface area contributed by atoms with Crippen molar-refractivity contribution in [3.8, 4) is 17.4 Å². The van der Waals surface area contributed by atoms with E-state index < -0.39 is 4.92 Å². The van der Waals surface area contributed by atoms with Gasteiger partial charge in [-0.3, -0.25) is 10.1 Å². The highest BCUT2D eigenvalue weighted by molar-refractivity contribution is 7.99. The molecule has 0 unspecified atom stereocenters. The molecule has 0 aliphatic heterocycles. The molecule has 126 valence electrons. The smallest absolute Gasteiger partial charge is 0.363 e. The predicted molar refractivity (Wildman–Crippen MR) is 92.3 cm³/mol. The minimum absolute atomic E-state index is 0.136. The second-order valence-corrected chi connectivity index (χ2v) is 5.82. The van der Waals surface area contributed by atoms with Gasteiger partial charge < -0.3 is 9.47 Å². The Morgan fingerprint density at radius 2 is 1.68 bits per heavy atom. The van der Waals surface area contributed by atoms with Gasteiger partial charge in [-0.05, 0) is 24.3 Å². The molecule has 0 aliphatic rings. The van der Waals surface area contributed by atoms with Crippen LogP contribution >= 0.6 is 11.8 Å². The summed E-state index contributed by atoms with van der Waals surface area (Å²) in [6, 6.07) is 16.1. The van der Waals surface area contributed by atoms with Gasteiger partial charge in [-0.15, -0.1) is 0 Å². The molecule has 0 bridgehead atoms. The summed E-state index contributed by atoms with van der Waals surface area (Å²) >= 11 is 1.17. The normalized spacial score (nSPS) is 10.3. The van der Waals surface area contributed by atoms with Gasteiger partial charge in [-0.2, -0.15) is 4.98 Å². The van der Waals surface area contributed by atoms with Crippen molar-refractivity contribution in [1.29, 1.82) is 0 Å². The van der Waals surface area contributed by atoms with E-state index in [1.807, 2.05) is 30.3 Å². The lowest BCUT2D eigenvalue weighted by Gasteiger charge is -2.10. The van der Waals surface area contributed by atoms with Crippen molar-refractivity contribution < 1.29 is 14.4 Å². The molecule has 0 saturated carbocycles. The van der Waals surface area contributed by atoms with Gasteiger partial charge in [0, 0.05) is 4.90 Å². The quantitative estimate of drug-likeness (QED) is 0.369. The molecule has 7 nitrogen and oxygen atoms in total. The second-order valence-electron chi connectivity index (χ2n) is 4.76. The molecule has 8 heteroatoms. The topological polar surface area (TPSA) is 87.4 Å². The summed E-state index contributed by atoms with van der Waals surface area (Å²) in [4.78, 5) is 19.8. The summed E-state index contributed by atoms with van der Waals surface area (Å²) < 4.78 is 10.8. The number of benzene rings is 2. The highest BCUT2D eigenvalue weighted by Crippen LogP contribution is 2.40. The van der Waals surface area contributed by atoms with E-state index in [4.69, 9.17) is 9.47 Å². The van der Waals surface area contributed by atoms with Crippen molar-refractivity contribution in [2.75, 3.05) is 7.11 Å². The maximum atomic E-state index is 11.6. The number of methoxy groups -OCH3 is 1. The van der Waals surface area contributed by atoms with Crippen LogP contribution in [0.3, 0.4) is 0 Å². The first kappa shape index (κ1) is 16.7. The van der Waals surface area contributed by atoms with Crippen molar-refractivity contribution >= 4 is 17.4 Å². The molecule has 0 radical (unpaired) electrons. The number of ether oxygens (including phenoxy) is 2. The van der Waals surface area contributed by atoms with Gasteiger partial charge >= 0.3 is 11.6 Å². The predicted octanol–water partition coefficient (Wildman–Crippen LogP) is 4.34. The van der Waals surface area contributed by atoms with E-state index in [2.05, 4.69) is 9.97 Å². The first-order valence-corrected chi connectivity index (χ1v) is 8.04.